The lowest BCUT2D eigenvalue weighted by atomic mass is 10.2. The monoisotopic (exact) mass is 522 g/mol. The maximum atomic E-state index is 12.7. The number of nitrogens with zero attached hydrogens (tertiary/aromatic N) is 1. The Kier molecular flexibility index (Phi) is 8.60. The standard InChI is InChI=1S/C23H20Cl2N2O6S/c1-13(2)33-21(29)11-27-22(30)19(34-23(27)31)10-14-9-15(24)7-8-18(14)32-12-20(28)26-17-6-4-3-5-16(17)25/h3-10,13H,11-12H2,1-2H3,(H,26,28)/b19-10-. The second-order valence-corrected chi connectivity index (χ2v) is 9.14. The molecule has 1 N–H and O–H groups in total. The maximum Gasteiger partial charge on any atom is 0.326 e. The zero-order chi connectivity index (χ0) is 24.8. The van der Waals surface area contributed by atoms with Gasteiger partial charge in [0.05, 0.1) is 21.7 Å². The van der Waals surface area contributed by atoms with Crippen LogP contribution in [-0.2, 0) is 19.1 Å². The number of esters is 1. The molecule has 11 heteroatoms. The minimum Gasteiger partial charge on any atom is -0.483 e. The lowest BCUT2D eigenvalue weighted by molar-refractivity contribution is -0.149. The van der Waals surface area contributed by atoms with Crippen LogP contribution in [-0.4, -0.2) is 47.2 Å². The Labute approximate surface area is 210 Å². The van der Waals surface area contributed by atoms with Crippen LogP contribution < -0.4 is 10.1 Å². The highest BCUT2D eigenvalue weighted by atomic mass is 35.5. The number of benzene rings is 2. The van der Waals surface area contributed by atoms with E-state index in [0.717, 1.165) is 4.90 Å². The SMILES string of the molecule is CC(C)OC(=O)CN1C(=O)S/C(=C\c2cc(Cl)ccc2OCC(=O)Nc2ccccc2Cl)C1=O. The van der Waals surface area contributed by atoms with Crippen molar-refractivity contribution in [1.29, 1.82) is 0 Å². The molecule has 0 aromatic heterocycles. The molecule has 0 spiro atoms. The second kappa shape index (κ2) is 11.4. The molecular formula is C23H20Cl2N2O6S. The number of nitrogens with one attached hydrogen (secondary N) is 1. The van der Waals surface area contributed by atoms with Crippen LogP contribution in [0, 0.1) is 0 Å². The number of ether oxygens (including phenoxy) is 2. The van der Waals surface area contributed by atoms with E-state index in [1.54, 1.807) is 50.2 Å². The van der Waals surface area contributed by atoms with Crippen molar-refractivity contribution >= 4 is 69.8 Å². The lowest BCUT2D eigenvalue weighted by Crippen LogP contribution is -2.35. The summed E-state index contributed by atoms with van der Waals surface area (Å²) in [5, 5.41) is 2.79. The highest BCUT2D eigenvalue weighted by Crippen LogP contribution is 2.35. The summed E-state index contributed by atoms with van der Waals surface area (Å²) in [6.07, 6.45) is 1.05. The summed E-state index contributed by atoms with van der Waals surface area (Å²) in [7, 11) is 0. The Bertz CT molecular complexity index is 1170. The quantitative estimate of drug-likeness (QED) is 0.384. The zero-order valence-corrected chi connectivity index (χ0v) is 20.5. The van der Waals surface area contributed by atoms with Crippen molar-refractivity contribution < 1.29 is 28.7 Å². The topological polar surface area (TPSA) is 102 Å². The molecule has 8 nitrogen and oxygen atoms in total. The summed E-state index contributed by atoms with van der Waals surface area (Å²) < 4.78 is 10.6. The molecule has 1 fully saturated rings. The van der Waals surface area contributed by atoms with Gasteiger partial charge in [-0.2, -0.15) is 0 Å². The summed E-state index contributed by atoms with van der Waals surface area (Å²) in [5.41, 5.74) is 0.826. The van der Waals surface area contributed by atoms with Crippen LogP contribution in [0.15, 0.2) is 47.4 Å². The maximum absolute atomic E-state index is 12.7. The molecular weight excluding hydrogens is 503 g/mol. The van der Waals surface area contributed by atoms with Gasteiger partial charge in [-0.3, -0.25) is 24.1 Å². The van der Waals surface area contributed by atoms with Gasteiger partial charge in [0.1, 0.15) is 12.3 Å². The minimum atomic E-state index is -0.685. The third-order valence-electron chi connectivity index (χ3n) is 4.29. The molecule has 0 atom stereocenters. The Morgan fingerprint density at radius 2 is 1.88 bits per heavy atom. The zero-order valence-electron chi connectivity index (χ0n) is 18.2. The Hall–Kier alpha value is -3.01. The van der Waals surface area contributed by atoms with Gasteiger partial charge in [0.25, 0.3) is 17.1 Å². The van der Waals surface area contributed by atoms with Crippen LogP contribution in [0.4, 0.5) is 10.5 Å². The van der Waals surface area contributed by atoms with Crippen molar-refractivity contribution in [2.75, 3.05) is 18.5 Å². The normalized spacial score (nSPS) is 14.6. The van der Waals surface area contributed by atoms with Crippen molar-refractivity contribution in [3.05, 3.63) is 63.0 Å². The van der Waals surface area contributed by atoms with Gasteiger partial charge in [0.2, 0.25) is 0 Å². The summed E-state index contributed by atoms with van der Waals surface area (Å²) in [6, 6.07) is 11.4. The first-order valence-electron chi connectivity index (χ1n) is 10.1. The van der Waals surface area contributed by atoms with Crippen molar-refractivity contribution in [3.8, 4) is 5.75 Å². The number of hydrogen-bond donors (Lipinski definition) is 1. The largest absolute Gasteiger partial charge is 0.483 e. The molecule has 178 valence electrons. The van der Waals surface area contributed by atoms with E-state index in [-0.39, 0.29) is 23.4 Å². The van der Waals surface area contributed by atoms with Gasteiger partial charge in [-0.25, -0.2) is 0 Å². The molecule has 34 heavy (non-hydrogen) atoms. The van der Waals surface area contributed by atoms with Crippen LogP contribution in [0.5, 0.6) is 5.75 Å². The van der Waals surface area contributed by atoms with Gasteiger partial charge >= 0.3 is 5.97 Å². The summed E-state index contributed by atoms with van der Waals surface area (Å²) in [5.74, 6) is -1.50. The minimum absolute atomic E-state index is 0.0787. The molecule has 3 amide bonds. The molecule has 1 aliphatic heterocycles. The van der Waals surface area contributed by atoms with E-state index >= 15 is 0 Å². The first kappa shape index (κ1) is 25.6. The molecule has 0 aliphatic carbocycles. The number of amides is 3. The fourth-order valence-corrected chi connectivity index (χ4v) is 4.06. The summed E-state index contributed by atoms with van der Waals surface area (Å²) in [4.78, 5) is 50.0. The molecule has 0 unspecified atom stereocenters. The van der Waals surface area contributed by atoms with Gasteiger partial charge < -0.3 is 14.8 Å². The molecule has 0 radical (unpaired) electrons. The van der Waals surface area contributed by atoms with E-state index in [0.29, 0.717) is 33.1 Å². The molecule has 1 saturated heterocycles. The van der Waals surface area contributed by atoms with Crippen LogP contribution in [0.25, 0.3) is 6.08 Å². The van der Waals surface area contributed by atoms with Gasteiger partial charge in [-0.15, -0.1) is 0 Å². The van der Waals surface area contributed by atoms with Crippen molar-refractivity contribution in [3.63, 3.8) is 0 Å². The molecule has 1 aliphatic rings. The fraction of sp³-hybridized carbons (Fsp3) is 0.217. The Morgan fingerprint density at radius 1 is 1.15 bits per heavy atom. The molecule has 3 rings (SSSR count). The number of rotatable bonds is 8. The van der Waals surface area contributed by atoms with Crippen molar-refractivity contribution in [2.45, 2.75) is 20.0 Å². The van der Waals surface area contributed by atoms with Crippen LogP contribution in [0.2, 0.25) is 10.0 Å². The number of imide groups is 1. The van der Waals surface area contributed by atoms with Crippen LogP contribution in [0.1, 0.15) is 19.4 Å². The second-order valence-electron chi connectivity index (χ2n) is 7.31. The molecule has 2 aromatic carbocycles. The molecule has 0 saturated carbocycles. The first-order valence-corrected chi connectivity index (χ1v) is 11.6. The number of carbonyl (C=O) groups is 4. The molecule has 0 bridgehead atoms. The number of carbonyl (C=O) groups excluding carboxylic acids is 4. The Balaban J connectivity index is 1.72. The van der Waals surface area contributed by atoms with E-state index in [2.05, 4.69) is 5.32 Å². The number of para-hydroxylation sites is 1. The first-order chi connectivity index (χ1) is 16.1. The van der Waals surface area contributed by atoms with Gasteiger partial charge in [0.15, 0.2) is 6.61 Å². The predicted molar refractivity (Wildman–Crippen MR) is 131 cm³/mol. The van der Waals surface area contributed by atoms with E-state index in [9.17, 15) is 19.2 Å². The Morgan fingerprint density at radius 3 is 2.59 bits per heavy atom. The van der Waals surface area contributed by atoms with Crippen LogP contribution >= 0.6 is 35.0 Å². The predicted octanol–water partition coefficient (Wildman–Crippen LogP) is 5.00. The lowest BCUT2D eigenvalue weighted by Gasteiger charge is -2.13. The van der Waals surface area contributed by atoms with Crippen molar-refractivity contribution in [1.82, 2.24) is 4.90 Å². The highest BCUT2D eigenvalue weighted by molar-refractivity contribution is 8.18. The average Bonchev–Trinajstić information content (AvgIpc) is 3.01. The van der Waals surface area contributed by atoms with Crippen molar-refractivity contribution in [2.24, 2.45) is 0 Å². The van der Waals surface area contributed by atoms with Crippen LogP contribution in [0.3, 0.4) is 0 Å². The van der Waals surface area contributed by atoms with E-state index in [1.807, 2.05) is 0 Å². The number of anilines is 1. The van der Waals surface area contributed by atoms with E-state index < -0.39 is 29.6 Å². The van der Waals surface area contributed by atoms with E-state index in [4.69, 9.17) is 32.7 Å². The third-order valence-corrected chi connectivity index (χ3v) is 5.77. The van der Waals surface area contributed by atoms with Gasteiger partial charge in [0, 0.05) is 10.6 Å². The third kappa shape index (κ3) is 6.75. The number of thioether (sulfide) groups is 1. The molecule has 2 aromatic rings. The van der Waals surface area contributed by atoms with Gasteiger partial charge in [-0.1, -0.05) is 35.3 Å². The summed E-state index contributed by atoms with van der Waals surface area (Å²) >= 11 is 12.8. The highest BCUT2D eigenvalue weighted by Gasteiger charge is 2.37. The number of halogens is 2. The smallest absolute Gasteiger partial charge is 0.326 e. The van der Waals surface area contributed by atoms with Gasteiger partial charge in [-0.05, 0) is 62.0 Å². The average molecular weight is 523 g/mol. The van der Waals surface area contributed by atoms with E-state index in [1.165, 1.54) is 12.1 Å². The fourth-order valence-electron chi connectivity index (χ4n) is 2.86. The molecule has 1 heterocycles. The number of hydrogen-bond acceptors (Lipinski definition) is 7. The summed E-state index contributed by atoms with van der Waals surface area (Å²) in [6.45, 7) is 2.51.